The van der Waals surface area contributed by atoms with Crippen LogP contribution < -0.4 is 9.62 Å². The number of halogens is 1. The molecule has 0 heterocycles. The van der Waals surface area contributed by atoms with Crippen molar-refractivity contribution in [3.05, 3.63) is 95.8 Å². The summed E-state index contributed by atoms with van der Waals surface area (Å²) >= 11 is 0. The summed E-state index contributed by atoms with van der Waals surface area (Å²) in [4.78, 5) is 28.7. The van der Waals surface area contributed by atoms with E-state index < -0.39 is 34.3 Å². The Morgan fingerprint density at radius 3 is 2.08 bits per heavy atom. The van der Waals surface area contributed by atoms with E-state index in [0.717, 1.165) is 34.0 Å². The van der Waals surface area contributed by atoms with Crippen molar-refractivity contribution in [3.8, 4) is 0 Å². The molecule has 3 aromatic rings. The number of aryl methyl sites for hydroxylation is 1. The number of nitrogens with zero attached hydrogens (tertiary/aromatic N) is 2. The molecule has 0 saturated carbocycles. The quantitative estimate of drug-likeness (QED) is 0.340. The standard InChI is InChI=1S/C30H36FN3O4S/c1-5-23(4)32-30(36)28(6-2)33(20-24-14-12-22(3)13-15-24)29(35)21-34(26-18-16-25(31)17-19-26)39(37,38)27-10-8-7-9-11-27/h7-19,23,28H,5-6,20-21H2,1-4H3,(H,32,36)/t23-,28-/m0/s1. The molecule has 0 saturated heterocycles. The number of benzene rings is 3. The van der Waals surface area contributed by atoms with Crippen molar-refractivity contribution in [1.29, 1.82) is 0 Å². The predicted octanol–water partition coefficient (Wildman–Crippen LogP) is 5.05. The number of amides is 2. The molecule has 3 aromatic carbocycles. The minimum Gasteiger partial charge on any atom is -0.352 e. The maximum absolute atomic E-state index is 14.0. The lowest BCUT2D eigenvalue weighted by atomic mass is 10.1. The lowest BCUT2D eigenvalue weighted by molar-refractivity contribution is -0.140. The summed E-state index contributed by atoms with van der Waals surface area (Å²) in [5.74, 6) is -1.38. The van der Waals surface area contributed by atoms with Crippen LogP contribution in [0.5, 0.6) is 0 Å². The van der Waals surface area contributed by atoms with Gasteiger partial charge in [0, 0.05) is 12.6 Å². The molecular weight excluding hydrogens is 517 g/mol. The zero-order chi connectivity index (χ0) is 28.6. The average molecular weight is 554 g/mol. The first kappa shape index (κ1) is 29.8. The number of hydrogen-bond donors (Lipinski definition) is 1. The first-order valence-corrected chi connectivity index (χ1v) is 14.5. The van der Waals surface area contributed by atoms with E-state index in [0.29, 0.717) is 6.42 Å². The second kappa shape index (κ2) is 13.4. The van der Waals surface area contributed by atoms with Gasteiger partial charge in [-0.25, -0.2) is 12.8 Å². The second-order valence-corrected chi connectivity index (χ2v) is 11.4. The zero-order valence-electron chi connectivity index (χ0n) is 22.8. The van der Waals surface area contributed by atoms with Crippen molar-refractivity contribution in [1.82, 2.24) is 10.2 Å². The Balaban J connectivity index is 2.03. The monoisotopic (exact) mass is 553 g/mol. The number of sulfonamides is 1. The molecule has 0 aliphatic rings. The Morgan fingerprint density at radius 1 is 0.897 bits per heavy atom. The van der Waals surface area contributed by atoms with E-state index in [2.05, 4.69) is 5.32 Å². The summed E-state index contributed by atoms with van der Waals surface area (Å²) in [6.07, 6.45) is 1.06. The molecule has 1 N–H and O–H groups in total. The van der Waals surface area contributed by atoms with Crippen LogP contribution in [0.15, 0.2) is 83.8 Å². The Kier molecular flexibility index (Phi) is 10.2. The van der Waals surface area contributed by atoms with Crippen LogP contribution in [0, 0.1) is 12.7 Å². The molecule has 0 unspecified atom stereocenters. The van der Waals surface area contributed by atoms with Crippen LogP contribution in [0.3, 0.4) is 0 Å². The summed E-state index contributed by atoms with van der Waals surface area (Å²) in [6.45, 7) is 7.16. The molecule has 0 bridgehead atoms. The molecule has 2 amide bonds. The maximum atomic E-state index is 14.0. The van der Waals surface area contributed by atoms with E-state index in [1.807, 2.05) is 52.0 Å². The van der Waals surface area contributed by atoms with Gasteiger partial charge in [-0.3, -0.25) is 13.9 Å². The van der Waals surface area contributed by atoms with Crippen molar-refractivity contribution in [3.63, 3.8) is 0 Å². The third-order valence-electron chi connectivity index (χ3n) is 6.59. The normalized spacial score (nSPS) is 12.8. The fourth-order valence-electron chi connectivity index (χ4n) is 4.11. The number of hydrogen-bond acceptors (Lipinski definition) is 4. The van der Waals surface area contributed by atoms with Crippen LogP contribution in [0.2, 0.25) is 0 Å². The van der Waals surface area contributed by atoms with Gasteiger partial charge >= 0.3 is 0 Å². The van der Waals surface area contributed by atoms with Crippen molar-refractivity contribution in [2.45, 2.75) is 64.1 Å². The summed E-state index contributed by atoms with van der Waals surface area (Å²) in [7, 11) is -4.19. The third kappa shape index (κ3) is 7.66. The van der Waals surface area contributed by atoms with Crippen LogP contribution in [0.25, 0.3) is 0 Å². The van der Waals surface area contributed by atoms with E-state index >= 15 is 0 Å². The highest BCUT2D eigenvalue weighted by atomic mass is 32.2. The minimum absolute atomic E-state index is 0.00577. The fourth-order valence-corrected chi connectivity index (χ4v) is 5.54. The molecular formula is C30H36FN3O4S. The van der Waals surface area contributed by atoms with Gasteiger partial charge in [-0.1, -0.05) is 61.9 Å². The van der Waals surface area contributed by atoms with Crippen LogP contribution in [0.1, 0.15) is 44.7 Å². The molecule has 0 aliphatic carbocycles. The number of carbonyl (C=O) groups is 2. The highest BCUT2D eigenvalue weighted by Crippen LogP contribution is 2.25. The first-order valence-electron chi connectivity index (χ1n) is 13.1. The number of anilines is 1. The van der Waals surface area contributed by atoms with Crippen LogP contribution in [-0.4, -0.2) is 43.8 Å². The molecule has 9 heteroatoms. The van der Waals surface area contributed by atoms with E-state index in [1.54, 1.807) is 18.2 Å². The van der Waals surface area contributed by atoms with Crippen LogP contribution in [0.4, 0.5) is 10.1 Å². The average Bonchev–Trinajstić information content (AvgIpc) is 2.93. The topological polar surface area (TPSA) is 86.8 Å². The van der Waals surface area contributed by atoms with Gasteiger partial charge in [0.05, 0.1) is 10.6 Å². The molecule has 2 atom stereocenters. The summed E-state index contributed by atoms with van der Waals surface area (Å²) in [5.41, 5.74) is 2.00. The second-order valence-electron chi connectivity index (χ2n) is 9.55. The summed E-state index contributed by atoms with van der Waals surface area (Å²) < 4.78 is 42.1. The van der Waals surface area contributed by atoms with E-state index in [1.165, 1.54) is 29.2 Å². The Labute approximate surface area is 230 Å². The molecule has 3 rings (SSSR count). The van der Waals surface area contributed by atoms with E-state index in [4.69, 9.17) is 0 Å². The molecule has 0 spiro atoms. The van der Waals surface area contributed by atoms with Crippen molar-refractivity contribution >= 4 is 27.5 Å². The summed E-state index contributed by atoms with van der Waals surface area (Å²) in [6, 6.07) is 19.4. The molecule has 0 fully saturated rings. The van der Waals surface area contributed by atoms with Gasteiger partial charge in [0.15, 0.2) is 0 Å². The minimum atomic E-state index is -4.19. The van der Waals surface area contributed by atoms with Crippen molar-refractivity contribution < 1.29 is 22.4 Å². The predicted molar refractivity (Wildman–Crippen MR) is 151 cm³/mol. The summed E-state index contributed by atoms with van der Waals surface area (Å²) in [5, 5.41) is 2.95. The lowest BCUT2D eigenvalue weighted by Crippen LogP contribution is -2.53. The van der Waals surface area contributed by atoms with Gasteiger partial charge in [-0.05, 0) is 68.7 Å². The Morgan fingerprint density at radius 2 is 1.51 bits per heavy atom. The van der Waals surface area contributed by atoms with Crippen molar-refractivity contribution in [2.75, 3.05) is 10.8 Å². The third-order valence-corrected chi connectivity index (χ3v) is 8.37. The molecule has 208 valence electrons. The molecule has 7 nitrogen and oxygen atoms in total. The van der Waals surface area contributed by atoms with Gasteiger partial charge < -0.3 is 10.2 Å². The van der Waals surface area contributed by atoms with Crippen LogP contribution >= 0.6 is 0 Å². The highest BCUT2D eigenvalue weighted by Gasteiger charge is 2.33. The van der Waals surface area contributed by atoms with Gasteiger partial charge in [-0.2, -0.15) is 0 Å². The van der Waals surface area contributed by atoms with Gasteiger partial charge in [0.25, 0.3) is 10.0 Å². The Bertz CT molecular complexity index is 1350. The van der Waals surface area contributed by atoms with Gasteiger partial charge in [-0.15, -0.1) is 0 Å². The van der Waals surface area contributed by atoms with E-state index in [-0.39, 0.29) is 29.1 Å². The Hall–Kier alpha value is -3.72. The lowest BCUT2D eigenvalue weighted by Gasteiger charge is -2.33. The zero-order valence-corrected chi connectivity index (χ0v) is 23.6. The molecule has 0 radical (unpaired) electrons. The maximum Gasteiger partial charge on any atom is 0.264 e. The number of nitrogens with one attached hydrogen (secondary N) is 1. The first-order chi connectivity index (χ1) is 18.6. The number of rotatable bonds is 12. The SMILES string of the molecule is CC[C@H](C)NC(=O)[C@H](CC)N(Cc1ccc(C)cc1)C(=O)CN(c1ccc(F)cc1)S(=O)(=O)c1ccccc1. The fraction of sp³-hybridized carbons (Fsp3) is 0.333. The van der Waals surface area contributed by atoms with Gasteiger partial charge in [0.2, 0.25) is 11.8 Å². The molecule has 0 aliphatic heterocycles. The van der Waals surface area contributed by atoms with Crippen LogP contribution in [-0.2, 0) is 26.2 Å². The van der Waals surface area contributed by atoms with Crippen molar-refractivity contribution in [2.24, 2.45) is 0 Å². The largest absolute Gasteiger partial charge is 0.352 e. The number of carbonyl (C=O) groups excluding carboxylic acids is 2. The molecule has 39 heavy (non-hydrogen) atoms. The molecule has 0 aromatic heterocycles. The van der Waals surface area contributed by atoms with E-state index in [9.17, 15) is 22.4 Å². The van der Waals surface area contributed by atoms with Gasteiger partial charge in [0.1, 0.15) is 18.4 Å². The smallest absolute Gasteiger partial charge is 0.264 e. The highest BCUT2D eigenvalue weighted by molar-refractivity contribution is 7.92.